The van der Waals surface area contributed by atoms with Crippen LogP contribution in [0.15, 0.2) is 24.3 Å². The lowest BCUT2D eigenvalue weighted by Gasteiger charge is -2.24. The van der Waals surface area contributed by atoms with Crippen LogP contribution in [0.3, 0.4) is 0 Å². The zero-order valence-corrected chi connectivity index (χ0v) is 13.1. The lowest BCUT2D eigenvalue weighted by Crippen LogP contribution is -2.21. The summed E-state index contributed by atoms with van der Waals surface area (Å²) in [5.74, 6) is -1.10. The van der Waals surface area contributed by atoms with Crippen LogP contribution in [-0.2, 0) is 0 Å². The molecule has 21 heavy (non-hydrogen) atoms. The molecule has 3 heteroatoms. The van der Waals surface area contributed by atoms with Gasteiger partial charge in [0.05, 0.1) is 6.04 Å². The fourth-order valence-corrected chi connectivity index (χ4v) is 2.90. The molecule has 2 aromatic rings. The summed E-state index contributed by atoms with van der Waals surface area (Å²) in [4.78, 5) is 0. The highest BCUT2D eigenvalue weighted by atomic mass is 19.1. The van der Waals surface area contributed by atoms with Crippen molar-refractivity contribution < 1.29 is 8.78 Å². The van der Waals surface area contributed by atoms with Crippen molar-refractivity contribution in [2.75, 3.05) is 7.05 Å². The predicted octanol–water partition coefficient (Wildman–Crippen LogP) is 4.51. The molecule has 0 spiro atoms. The van der Waals surface area contributed by atoms with Gasteiger partial charge in [-0.05, 0) is 80.3 Å². The molecule has 1 N–H and O–H groups in total. The first-order valence-electron chi connectivity index (χ1n) is 7.05. The molecule has 2 rings (SSSR count). The summed E-state index contributed by atoms with van der Waals surface area (Å²) in [6.45, 7) is 8.22. The van der Waals surface area contributed by atoms with Crippen molar-refractivity contribution in [3.8, 4) is 0 Å². The third-order valence-corrected chi connectivity index (χ3v) is 4.22. The highest BCUT2D eigenvalue weighted by molar-refractivity contribution is 5.49. The van der Waals surface area contributed by atoms with Crippen LogP contribution in [0.1, 0.15) is 39.4 Å². The van der Waals surface area contributed by atoms with Gasteiger partial charge in [0.2, 0.25) is 0 Å². The van der Waals surface area contributed by atoms with E-state index >= 15 is 0 Å². The number of nitrogens with one attached hydrogen (secondary N) is 1. The van der Waals surface area contributed by atoms with Crippen LogP contribution in [0.2, 0.25) is 0 Å². The minimum Gasteiger partial charge on any atom is -0.309 e. The summed E-state index contributed by atoms with van der Waals surface area (Å²) >= 11 is 0. The molecule has 0 amide bonds. The van der Waals surface area contributed by atoms with Gasteiger partial charge in [-0.2, -0.15) is 0 Å². The first-order valence-corrected chi connectivity index (χ1v) is 7.05. The van der Waals surface area contributed by atoms with E-state index in [1.54, 1.807) is 0 Å². The highest BCUT2D eigenvalue weighted by Gasteiger charge is 2.20. The van der Waals surface area contributed by atoms with E-state index in [1.807, 2.05) is 7.05 Å². The Kier molecular flexibility index (Phi) is 4.43. The fourth-order valence-electron chi connectivity index (χ4n) is 2.90. The Hall–Kier alpha value is -1.74. The molecule has 0 aliphatic rings. The fraction of sp³-hybridized carbons (Fsp3) is 0.333. The molecular formula is C18H21F2N. The maximum Gasteiger partial charge on any atom is 0.126 e. The van der Waals surface area contributed by atoms with Crippen LogP contribution in [0, 0.1) is 39.3 Å². The zero-order chi connectivity index (χ0) is 15.7. The van der Waals surface area contributed by atoms with Gasteiger partial charge in [0.1, 0.15) is 11.6 Å². The van der Waals surface area contributed by atoms with Crippen molar-refractivity contribution in [2.24, 2.45) is 0 Å². The normalized spacial score (nSPS) is 12.5. The Morgan fingerprint density at radius 3 is 1.71 bits per heavy atom. The van der Waals surface area contributed by atoms with E-state index in [9.17, 15) is 8.78 Å². The van der Waals surface area contributed by atoms with Crippen LogP contribution < -0.4 is 5.32 Å². The molecule has 1 nitrogen and oxygen atoms in total. The quantitative estimate of drug-likeness (QED) is 0.876. The summed E-state index contributed by atoms with van der Waals surface area (Å²) in [5.41, 5.74) is 6.38. The van der Waals surface area contributed by atoms with Crippen LogP contribution in [0.4, 0.5) is 8.78 Å². The predicted molar refractivity (Wildman–Crippen MR) is 82.7 cm³/mol. The molecule has 0 radical (unpaired) electrons. The van der Waals surface area contributed by atoms with E-state index in [2.05, 4.69) is 39.1 Å². The maximum absolute atomic E-state index is 13.5. The molecule has 0 aromatic heterocycles. The average molecular weight is 289 g/mol. The van der Waals surface area contributed by atoms with E-state index < -0.39 is 11.6 Å². The van der Waals surface area contributed by atoms with Crippen LogP contribution in [0.25, 0.3) is 0 Å². The molecule has 0 aliphatic carbocycles. The molecule has 112 valence electrons. The first-order chi connectivity index (χ1) is 9.85. The van der Waals surface area contributed by atoms with Gasteiger partial charge in [-0.15, -0.1) is 0 Å². The second-order valence-electron chi connectivity index (χ2n) is 5.60. The lowest BCUT2D eigenvalue weighted by atomic mass is 9.87. The first kappa shape index (κ1) is 15.6. The third-order valence-electron chi connectivity index (χ3n) is 4.22. The van der Waals surface area contributed by atoms with E-state index in [-0.39, 0.29) is 6.04 Å². The van der Waals surface area contributed by atoms with Crippen molar-refractivity contribution in [1.29, 1.82) is 0 Å². The molecule has 0 saturated heterocycles. The second kappa shape index (κ2) is 5.94. The van der Waals surface area contributed by atoms with Gasteiger partial charge < -0.3 is 5.32 Å². The van der Waals surface area contributed by atoms with Gasteiger partial charge in [0.25, 0.3) is 0 Å². The second-order valence-corrected chi connectivity index (χ2v) is 5.60. The molecule has 0 bridgehead atoms. The van der Waals surface area contributed by atoms with Crippen LogP contribution in [0.5, 0.6) is 0 Å². The van der Waals surface area contributed by atoms with Crippen molar-refractivity contribution in [1.82, 2.24) is 5.32 Å². The largest absolute Gasteiger partial charge is 0.309 e. The number of halogens is 2. The molecule has 0 saturated carbocycles. The topological polar surface area (TPSA) is 12.0 Å². The zero-order valence-electron chi connectivity index (χ0n) is 13.1. The smallest absolute Gasteiger partial charge is 0.126 e. The van der Waals surface area contributed by atoms with Gasteiger partial charge in [-0.3, -0.25) is 0 Å². The monoisotopic (exact) mass is 289 g/mol. The molecule has 1 unspecified atom stereocenters. The number of rotatable bonds is 3. The average Bonchev–Trinajstić information content (AvgIpc) is 2.40. The number of benzene rings is 2. The van der Waals surface area contributed by atoms with Gasteiger partial charge in [-0.25, -0.2) is 8.78 Å². The van der Waals surface area contributed by atoms with Gasteiger partial charge in [-0.1, -0.05) is 6.07 Å². The molecule has 0 fully saturated rings. The molecular weight excluding hydrogens is 268 g/mol. The van der Waals surface area contributed by atoms with Gasteiger partial charge in [0.15, 0.2) is 0 Å². The van der Waals surface area contributed by atoms with Crippen LogP contribution >= 0.6 is 0 Å². The van der Waals surface area contributed by atoms with E-state index in [4.69, 9.17) is 0 Å². The molecule has 1 atom stereocenters. The third kappa shape index (κ3) is 2.98. The SMILES string of the molecule is CNC(c1cc(F)cc(F)c1)c1c(C)c(C)cc(C)c1C. The summed E-state index contributed by atoms with van der Waals surface area (Å²) in [5, 5.41) is 3.19. The Bertz CT molecular complexity index is 631. The van der Waals surface area contributed by atoms with Gasteiger partial charge >= 0.3 is 0 Å². The maximum atomic E-state index is 13.5. The van der Waals surface area contributed by atoms with Gasteiger partial charge in [0, 0.05) is 6.07 Å². The van der Waals surface area contributed by atoms with E-state index in [0.29, 0.717) is 5.56 Å². The standard InChI is InChI=1S/C18H21F2N/c1-10-6-11(2)13(4)17(12(10)3)18(21-5)14-7-15(19)9-16(20)8-14/h6-9,18,21H,1-5H3. The number of hydrogen-bond acceptors (Lipinski definition) is 1. The Morgan fingerprint density at radius 1 is 0.810 bits per heavy atom. The van der Waals surface area contributed by atoms with Crippen molar-refractivity contribution >= 4 is 0 Å². The number of hydrogen-bond donors (Lipinski definition) is 1. The minimum absolute atomic E-state index is 0.228. The van der Waals surface area contributed by atoms with E-state index in [0.717, 1.165) is 22.8 Å². The molecule has 2 aromatic carbocycles. The summed E-state index contributed by atoms with van der Waals surface area (Å²) in [6.07, 6.45) is 0. The van der Waals surface area contributed by atoms with Crippen molar-refractivity contribution in [3.05, 3.63) is 69.3 Å². The Labute approximate surface area is 125 Å². The Morgan fingerprint density at radius 2 is 1.29 bits per heavy atom. The lowest BCUT2D eigenvalue weighted by molar-refractivity contribution is 0.571. The van der Waals surface area contributed by atoms with Crippen molar-refractivity contribution in [2.45, 2.75) is 33.7 Å². The minimum atomic E-state index is -0.551. The van der Waals surface area contributed by atoms with Crippen LogP contribution in [-0.4, -0.2) is 7.05 Å². The highest BCUT2D eigenvalue weighted by Crippen LogP contribution is 2.31. The summed E-state index contributed by atoms with van der Waals surface area (Å²) in [6, 6.07) is 5.60. The Balaban J connectivity index is 2.67. The molecule has 0 heterocycles. The summed E-state index contributed by atoms with van der Waals surface area (Å²) in [7, 11) is 1.81. The molecule has 0 aliphatic heterocycles. The summed E-state index contributed by atoms with van der Waals surface area (Å²) < 4.78 is 27.1. The van der Waals surface area contributed by atoms with Crippen molar-refractivity contribution in [3.63, 3.8) is 0 Å². The number of aryl methyl sites for hydroxylation is 2. The van der Waals surface area contributed by atoms with E-state index in [1.165, 1.54) is 23.3 Å².